The Balaban J connectivity index is 1.73. The number of urea groups is 1. The predicted octanol–water partition coefficient (Wildman–Crippen LogP) is 1.89. The zero-order chi connectivity index (χ0) is 17.0. The molecule has 2 rings (SSSR count). The van der Waals surface area contributed by atoms with Crippen molar-refractivity contribution in [2.24, 2.45) is 18.9 Å². The average molecular weight is 321 g/mol. The number of likely N-dealkylation sites (tertiary alicyclic amines) is 1. The van der Waals surface area contributed by atoms with Crippen LogP contribution in [0.1, 0.15) is 38.4 Å². The van der Waals surface area contributed by atoms with Gasteiger partial charge in [-0.1, -0.05) is 13.8 Å². The topological polar surface area (TPSA) is 62.2 Å². The highest BCUT2D eigenvalue weighted by atomic mass is 16.2. The summed E-state index contributed by atoms with van der Waals surface area (Å²) in [6.45, 7) is 12.4. The lowest BCUT2D eigenvalue weighted by Gasteiger charge is -2.36. The molecular formula is C17H31N5O. The number of aryl methyl sites for hydroxylation is 1. The fourth-order valence-corrected chi connectivity index (χ4v) is 3.54. The molecule has 0 aliphatic carbocycles. The normalized spacial score (nSPS) is 23.5. The predicted molar refractivity (Wildman–Crippen MR) is 92.2 cm³/mol. The first-order valence-corrected chi connectivity index (χ1v) is 8.59. The molecule has 0 spiro atoms. The number of nitrogens with one attached hydrogen (secondary N) is 2. The molecule has 3 atom stereocenters. The first kappa shape index (κ1) is 17.8. The van der Waals surface area contributed by atoms with Crippen molar-refractivity contribution >= 4 is 6.03 Å². The highest BCUT2D eigenvalue weighted by Crippen LogP contribution is 2.20. The van der Waals surface area contributed by atoms with E-state index in [0.717, 1.165) is 42.7 Å². The highest BCUT2D eigenvalue weighted by Gasteiger charge is 2.23. The van der Waals surface area contributed by atoms with Crippen LogP contribution in [-0.4, -0.2) is 46.4 Å². The first-order valence-electron chi connectivity index (χ1n) is 8.59. The largest absolute Gasteiger partial charge is 0.334 e. The van der Waals surface area contributed by atoms with Crippen LogP contribution in [0.3, 0.4) is 0 Å². The fraction of sp³-hybridized carbons (Fsp3) is 0.765. The summed E-state index contributed by atoms with van der Waals surface area (Å²) in [5, 5.41) is 10.1. The second-order valence-corrected chi connectivity index (χ2v) is 7.27. The summed E-state index contributed by atoms with van der Waals surface area (Å²) in [4.78, 5) is 14.5. The van der Waals surface area contributed by atoms with Gasteiger partial charge in [-0.3, -0.25) is 4.68 Å². The second kappa shape index (κ2) is 7.81. The van der Waals surface area contributed by atoms with E-state index in [4.69, 9.17) is 0 Å². The molecular weight excluding hydrogens is 290 g/mol. The van der Waals surface area contributed by atoms with Gasteiger partial charge in [-0.15, -0.1) is 0 Å². The lowest BCUT2D eigenvalue weighted by molar-refractivity contribution is 0.131. The molecule has 1 aliphatic rings. The molecule has 0 unspecified atom stereocenters. The molecule has 1 fully saturated rings. The summed E-state index contributed by atoms with van der Waals surface area (Å²) < 4.78 is 1.82. The van der Waals surface area contributed by atoms with Gasteiger partial charge >= 0.3 is 6.03 Å². The van der Waals surface area contributed by atoms with E-state index in [0.29, 0.717) is 6.54 Å². The maximum atomic E-state index is 12.0. The number of carbonyl (C=O) groups excluding carboxylic acids is 1. The van der Waals surface area contributed by atoms with Crippen LogP contribution in [0.5, 0.6) is 0 Å². The molecule has 0 saturated carbocycles. The molecule has 130 valence electrons. The minimum absolute atomic E-state index is 0.112. The molecule has 6 nitrogen and oxygen atoms in total. The smallest absolute Gasteiger partial charge is 0.315 e. The molecule has 1 aliphatic heterocycles. The van der Waals surface area contributed by atoms with Gasteiger partial charge in [0.2, 0.25) is 0 Å². The van der Waals surface area contributed by atoms with E-state index in [9.17, 15) is 4.79 Å². The van der Waals surface area contributed by atoms with Crippen LogP contribution in [-0.2, 0) is 13.6 Å². The Morgan fingerprint density at radius 3 is 2.61 bits per heavy atom. The molecule has 2 amide bonds. The van der Waals surface area contributed by atoms with Gasteiger partial charge in [-0.25, -0.2) is 4.79 Å². The number of amides is 2. The van der Waals surface area contributed by atoms with E-state index < -0.39 is 0 Å². The number of nitrogens with zero attached hydrogens (tertiary/aromatic N) is 3. The van der Waals surface area contributed by atoms with Crippen molar-refractivity contribution in [3.63, 3.8) is 0 Å². The molecule has 1 aromatic rings. The lowest BCUT2D eigenvalue weighted by atomic mass is 9.92. The van der Waals surface area contributed by atoms with Crippen molar-refractivity contribution in [3.05, 3.63) is 17.5 Å². The summed E-state index contributed by atoms with van der Waals surface area (Å²) in [6.07, 6.45) is 3.11. The molecule has 6 heteroatoms. The summed E-state index contributed by atoms with van der Waals surface area (Å²) in [5.41, 5.74) is 2.13. The van der Waals surface area contributed by atoms with Crippen LogP contribution in [0.2, 0.25) is 0 Å². The van der Waals surface area contributed by atoms with Gasteiger partial charge in [-0.2, -0.15) is 5.10 Å². The monoisotopic (exact) mass is 321 g/mol. The van der Waals surface area contributed by atoms with Gasteiger partial charge < -0.3 is 15.5 Å². The van der Waals surface area contributed by atoms with Crippen molar-refractivity contribution in [2.45, 2.75) is 46.7 Å². The number of hydrogen-bond donors (Lipinski definition) is 2. The standard InChI is InChI=1S/C17H31N5O/c1-12-6-13(2)10-22(9-12)11-14(3)20-17(23)18-7-16-8-19-21(5)15(16)4/h8,12-14H,6-7,9-11H2,1-5H3,(H2,18,20,23)/t12-,13-,14-/m1/s1. The van der Waals surface area contributed by atoms with E-state index in [-0.39, 0.29) is 12.1 Å². The Hall–Kier alpha value is -1.56. The summed E-state index contributed by atoms with van der Waals surface area (Å²) >= 11 is 0. The van der Waals surface area contributed by atoms with E-state index in [1.807, 2.05) is 18.7 Å². The number of piperidine rings is 1. The number of hydrogen-bond acceptors (Lipinski definition) is 3. The van der Waals surface area contributed by atoms with Gasteiger partial charge in [0.15, 0.2) is 0 Å². The van der Waals surface area contributed by atoms with Crippen molar-refractivity contribution in [1.29, 1.82) is 0 Å². The van der Waals surface area contributed by atoms with E-state index in [1.54, 1.807) is 6.20 Å². The van der Waals surface area contributed by atoms with Crippen LogP contribution in [0.25, 0.3) is 0 Å². The molecule has 2 heterocycles. The number of rotatable bonds is 5. The van der Waals surface area contributed by atoms with Crippen LogP contribution in [0.15, 0.2) is 6.20 Å². The van der Waals surface area contributed by atoms with Crippen LogP contribution in [0.4, 0.5) is 4.79 Å². The number of carbonyl (C=O) groups is 1. The maximum absolute atomic E-state index is 12.0. The quantitative estimate of drug-likeness (QED) is 0.870. The zero-order valence-corrected chi connectivity index (χ0v) is 15.1. The molecule has 0 aromatic carbocycles. The maximum Gasteiger partial charge on any atom is 0.315 e. The summed E-state index contributed by atoms with van der Waals surface area (Å²) in [7, 11) is 1.90. The highest BCUT2D eigenvalue weighted by molar-refractivity contribution is 5.74. The third kappa shape index (κ3) is 5.23. The zero-order valence-electron chi connectivity index (χ0n) is 15.1. The van der Waals surface area contributed by atoms with Crippen LogP contribution >= 0.6 is 0 Å². The molecule has 0 radical (unpaired) electrons. The van der Waals surface area contributed by atoms with E-state index >= 15 is 0 Å². The first-order chi connectivity index (χ1) is 10.8. The van der Waals surface area contributed by atoms with Crippen LogP contribution < -0.4 is 10.6 Å². The Morgan fingerprint density at radius 1 is 1.39 bits per heavy atom. The van der Waals surface area contributed by atoms with Crippen LogP contribution in [0, 0.1) is 18.8 Å². The van der Waals surface area contributed by atoms with Crippen molar-refractivity contribution in [2.75, 3.05) is 19.6 Å². The molecule has 1 aromatic heterocycles. The average Bonchev–Trinajstić information content (AvgIpc) is 2.75. The Labute approximate surface area is 139 Å². The SMILES string of the molecule is Cc1c(CNC(=O)N[C@H](C)CN2C[C@H](C)C[C@@H](C)C2)cnn1C. The minimum Gasteiger partial charge on any atom is -0.334 e. The Morgan fingerprint density at radius 2 is 2.04 bits per heavy atom. The van der Waals surface area contributed by atoms with Gasteiger partial charge in [0.25, 0.3) is 0 Å². The minimum atomic E-state index is -0.112. The lowest BCUT2D eigenvalue weighted by Crippen LogP contribution is -2.49. The Kier molecular flexibility index (Phi) is 6.04. The summed E-state index contributed by atoms with van der Waals surface area (Å²) in [5.74, 6) is 1.49. The second-order valence-electron chi connectivity index (χ2n) is 7.27. The van der Waals surface area contributed by atoms with Crippen molar-refractivity contribution in [1.82, 2.24) is 25.3 Å². The van der Waals surface area contributed by atoms with E-state index in [2.05, 4.69) is 41.4 Å². The molecule has 2 N–H and O–H groups in total. The van der Waals surface area contributed by atoms with Crippen molar-refractivity contribution in [3.8, 4) is 0 Å². The molecule has 1 saturated heterocycles. The molecule has 0 bridgehead atoms. The fourth-order valence-electron chi connectivity index (χ4n) is 3.54. The number of aromatic nitrogens is 2. The summed E-state index contributed by atoms with van der Waals surface area (Å²) in [6, 6.07) is 0.0290. The van der Waals surface area contributed by atoms with Gasteiger partial charge in [0.05, 0.1) is 6.20 Å². The van der Waals surface area contributed by atoms with Gasteiger partial charge in [0, 0.05) is 50.5 Å². The third-order valence-electron chi connectivity index (χ3n) is 4.63. The third-order valence-corrected chi connectivity index (χ3v) is 4.63. The van der Waals surface area contributed by atoms with Gasteiger partial charge in [0.1, 0.15) is 0 Å². The molecule has 23 heavy (non-hydrogen) atoms. The van der Waals surface area contributed by atoms with E-state index in [1.165, 1.54) is 6.42 Å². The van der Waals surface area contributed by atoms with Gasteiger partial charge in [-0.05, 0) is 32.1 Å². The Bertz CT molecular complexity index is 517. The van der Waals surface area contributed by atoms with Crippen molar-refractivity contribution < 1.29 is 4.79 Å².